The summed E-state index contributed by atoms with van der Waals surface area (Å²) in [5, 5.41) is 10.0. The van der Waals surface area contributed by atoms with Gasteiger partial charge in [-0.05, 0) is 23.8 Å². The van der Waals surface area contributed by atoms with E-state index in [1.807, 2.05) is 24.3 Å². The molecule has 3 atom stereocenters. The van der Waals surface area contributed by atoms with Crippen molar-refractivity contribution in [3.8, 4) is 5.75 Å². The van der Waals surface area contributed by atoms with Crippen LogP contribution in [0.2, 0.25) is 5.02 Å². The first kappa shape index (κ1) is 19.4. The zero-order valence-corrected chi connectivity index (χ0v) is 17.7. The second-order valence-electron chi connectivity index (χ2n) is 7.09. The van der Waals surface area contributed by atoms with Crippen molar-refractivity contribution in [2.75, 3.05) is 0 Å². The molecule has 1 N–H and O–H groups in total. The van der Waals surface area contributed by atoms with Crippen LogP contribution < -0.4 is 9.61 Å². The van der Waals surface area contributed by atoms with Crippen LogP contribution in [0.5, 0.6) is 5.75 Å². The van der Waals surface area contributed by atoms with Gasteiger partial charge in [0.05, 0.1) is 17.5 Å². The van der Waals surface area contributed by atoms with E-state index < -0.39 is 29.0 Å². The topological polar surface area (TPSA) is 85.6 Å². The Labute approximate surface area is 184 Å². The average Bonchev–Trinajstić information content (AvgIpc) is 3.04. The number of thiazole rings is 1. The van der Waals surface area contributed by atoms with Gasteiger partial charge in [0.2, 0.25) is 0 Å². The standard InChI is InChI=1S/C21H14ClNO5S2/c22-11-7-5-10(6-8-11)9-23-18-16(30-21(23)27)14-12-3-1-2-4-13(12)28-20(26)15(14)17(29-18)19(24)25/h1-8,14-15,17H,9H2,(H,24,25)/t14-,15-,17-/m1/s1. The Morgan fingerprint density at radius 3 is 2.60 bits per heavy atom. The number of carbonyl (C=O) groups is 2. The highest BCUT2D eigenvalue weighted by molar-refractivity contribution is 8.00. The van der Waals surface area contributed by atoms with E-state index in [0.29, 0.717) is 27.2 Å². The number of carboxylic acids is 1. The summed E-state index contributed by atoms with van der Waals surface area (Å²) in [4.78, 5) is 38.2. The predicted octanol–water partition coefficient (Wildman–Crippen LogP) is 3.84. The molecule has 0 bridgehead atoms. The fourth-order valence-electron chi connectivity index (χ4n) is 3.97. The van der Waals surface area contributed by atoms with Crippen molar-refractivity contribution in [3.05, 3.63) is 79.2 Å². The van der Waals surface area contributed by atoms with E-state index in [2.05, 4.69) is 0 Å². The SMILES string of the molecule is O=C1Oc2ccccc2[C@H]2c3sc(=O)n(Cc4ccc(Cl)cc4)c3S[C@@H](C(=O)O)[C@H]12. The molecule has 2 aliphatic heterocycles. The third-order valence-electron chi connectivity index (χ3n) is 5.31. The van der Waals surface area contributed by atoms with Gasteiger partial charge in [-0.25, -0.2) is 0 Å². The summed E-state index contributed by atoms with van der Waals surface area (Å²) in [5.41, 5.74) is 1.61. The molecular formula is C21H14ClNO5S2. The summed E-state index contributed by atoms with van der Waals surface area (Å²) in [6.07, 6.45) is 0. The molecule has 5 rings (SSSR count). The number of para-hydroxylation sites is 1. The molecule has 0 amide bonds. The number of hydrogen-bond acceptors (Lipinski definition) is 6. The Kier molecular flexibility index (Phi) is 4.72. The van der Waals surface area contributed by atoms with E-state index in [4.69, 9.17) is 16.3 Å². The van der Waals surface area contributed by atoms with Crippen molar-refractivity contribution in [1.82, 2.24) is 4.57 Å². The molecule has 152 valence electrons. The normalized spacial score (nSPS) is 21.9. The molecule has 1 aromatic heterocycles. The molecule has 2 aromatic carbocycles. The molecular weight excluding hydrogens is 446 g/mol. The van der Waals surface area contributed by atoms with Gasteiger partial charge in [-0.15, -0.1) is 0 Å². The summed E-state index contributed by atoms with van der Waals surface area (Å²) in [5.74, 6) is -2.68. The van der Waals surface area contributed by atoms with Crippen LogP contribution in [0.4, 0.5) is 0 Å². The van der Waals surface area contributed by atoms with Crippen LogP contribution in [0.15, 0.2) is 58.4 Å². The second kappa shape index (κ2) is 7.30. The number of halogens is 1. The highest BCUT2D eigenvalue weighted by Gasteiger charge is 2.52. The van der Waals surface area contributed by atoms with E-state index in [-0.39, 0.29) is 4.87 Å². The number of nitrogens with zero attached hydrogens (tertiary/aromatic N) is 1. The number of esters is 1. The molecule has 0 radical (unpaired) electrons. The smallest absolute Gasteiger partial charge is 0.317 e. The molecule has 0 spiro atoms. The van der Waals surface area contributed by atoms with E-state index in [0.717, 1.165) is 34.2 Å². The van der Waals surface area contributed by atoms with E-state index >= 15 is 0 Å². The highest BCUT2D eigenvalue weighted by Crippen LogP contribution is 2.54. The van der Waals surface area contributed by atoms with Crippen molar-refractivity contribution >= 4 is 46.6 Å². The minimum Gasteiger partial charge on any atom is -0.480 e. The summed E-state index contributed by atoms with van der Waals surface area (Å²) < 4.78 is 7.02. The Bertz CT molecular complexity index is 1230. The van der Waals surface area contributed by atoms with Crippen molar-refractivity contribution in [2.45, 2.75) is 22.7 Å². The number of carbonyl (C=O) groups excluding carboxylic acids is 1. The van der Waals surface area contributed by atoms with Crippen molar-refractivity contribution in [1.29, 1.82) is 0 Å². The number of ether oxygens (including phenoxy) is 1. The number of rotatable bonds is 3. The van der Waals surface area contributed by atoms with Gasteiger partial charge in [-0.2, -0.15) is 0 Å². The van der Waals surface area contributed by atoms with E-state index in [1.165, 1.54) is 0 Å². The molecule has 2 aliphatic rings. The first-order valence-electron chi connectivity index (χ1n) is 9.12. The van der Waals surface area contributed by atoms with Crippen molar-refractivity contribution in [2.24, 2.45) is 5.92 Å². The van der Waals surface area contributed by atoms with Crippen molar-refractivity contribution < 1.29 is 19.4 Å². The Morgan fingerprint density at radius 1 is 1.13 bits per heavy atom. The van der Waals surface area contributed by atoms with Gasteiger partial charge < -0.3 is 9.84 Å². The lowest BCUT2D eigenvalue weighted by Gasteiger charge is -2.37. The molecule has 6 nitrogen and oxygen atoms in total. The summed E-state index contributed by atoms with van der Waals surface area (Å²) >= 11 is 8.06. The molecule has 0 aliphatic carbocycles. The fourth-order valence-corrected chi connectivity index (χ4v) is 6.75. The Morgan fingerprint density at radius 2 is 1.87 bits per heavy atom. The molecule has 30 heavy (non-hydrogen) atoms. The average molecular weight is 460 g/mol. The number of aromatic nitrogens is 1. The van der Waals surface area contributed by atoms with Gasteiger partial charge in [0.1, 0.15) is 11.0 Å². The third-order valence-corrected chi connectivity index (χ3v) is 8.17. The summed E-state index contributed by atoms with van der Waals surface area (Å²) in [7, 11) is 0. The van der Waals surface area contributed by atoms with E-state index in [1.54, 1.807) is 28.8 Å². The van der Waals surface area contributed by atoms with Gasteiger partial charge in [-0.1, -0.05) is 65.0 Å². The minimum absolute atomic E-state index is 0.191. The Hall–Kier alpha value is -2.55. The van der Waals surface area contributed by atoms with Gasteiger partial charge in [0, 0.05) is 21.4 Å². The number of thioether (sulfide) groups is 1. The third kappa shape index (κ3) is 3.07. The van der Waals surface area contributed by atoms with Gasteiger partial charge in [0.25, 0.3) is 0 Å². The molecule has 0 saturated heterocycles. The molecule has 3 aromatic rings. The number of benzene rings is 2. The molecule has 0 unspecified atom stereocenters. The van der Waals surface area contributed by atoms with Gasteiger partial charge >= 0.3 is 16.8 Å². The van der Waals surface area contributed by atoms with Gasteiger partial charge in [0.15, 0.2) is 0 Å². The molecule has 3 heterocycles. The maximum absolute atomic E-state index is 12.9. The molecule has 0 fully saturated rings. The van der Waals surface area contributed by atoms with Crippen LogP contribution in [0.25, 0.3) is 0 Å². The maximum Gasteiger partial charge on any atom is 0.317 e. The second-order valence-corrected chi connectivity index (χ2v) is 9.65. The van der Waals surface area contributed by atoms with Crippen LogP contribution in [-0.2, 0) is 16.1 Å². The summed E-state index contributed by atoms with van der Waals surface area (Å²) in [6, 6.07) is 14.2. The number of hydrogen-bond donors (Lipinski definition) is 1. The lowest BCUT2D eigenvalue weighted by Crippen LogP contribution is -2.44. The predicted molar refractivity (Wildman–Crippen MR) is 114 cm³/mol. The number of fused-ring (bicyclic) bond motifs is 5. The monoisotopic (exact) mass is 459 g/mol. The lowest BCUT2D eigenvalue weighted by atomic mass is 9.80. The van der Waals surface area contributed by atoms with E-state index in [9.17, 15) is 19.5 Å². The quantitative estimate of drug-likeness (QED) is 0.473. The first-order chi connectivity index (χ1) is 14.4. The first-order valence-corrected chi connectivity index (χ1v) is 11.2. The fraction of sp³-hybridized carbons (Fsp3) is 0.190. The molecule has 9 heteroatoms. The van der Waals surface area contributed by atoms with Crippen molar-refractivity contribution in [3.63, 3.8) is 0 Å². The number of carboxylic acid groups (broad SMARTS) is 1. The van der Waals surface area contributed by atoms with Crippen LogP contribution in [0.1, 0.15) is 21.9 Å². The highest BCUT2D eigenvalue weighted by atomic mass is 35.5. The zero-order chi connectivity index (χ0) is 21.0. The Balaban J connectivity index is 1.68. The zero-order valence-electron chi connectivity index (χ0n) is 15.3. The van der Waals surface area contributed by atoms with Crippen LogP contribution >= 0.6 is 34.7 Å². The van der Waals surface area contributed by atoms with Crippen LogP contribution in [0, 0.1) is 5.92 Å². The maximum atomic E-state index is 12.9. The van der Waals surface area contributed by atoms with Crippen LogP contribution in [-0.4, -0.2) is 26.9 Å². The minimum atomic E-state index is -1.10. The lowest BCUT2D eigenvalue weighted by molar-refractivity contribution is -0.147. The summed E-state index contributed by atoms with van der Waals surface area (Å²) in [6.45, 7) is 0.296. The van der Waals surface area contributed by atoms with Crippen LogP contribution in [0.3, 0.4) is 0 Å². The number of aliphatic carboxylic acids is 1. The van der Waals surface area contributed by atoms with Gasteiger partial charge in [-0.3, -0.25) is 19.0 Å². The largest absolute Gasteiger partial charge is 0.480 e. The molecule has 0 saturated carbocycles.